The van der Waals surface area contributed by atoms with Gasteiger partial charge in [0.05, 0.1) is 17.3 Å². The van der Waals surface area contributed by atoms with E-state index in [1.807, 2.05) is 6.92 Å². The van der Waals surface area contributed by atoms with Crippen LogP contribution in [0.1, 0.15) is 94.1 Å². The van der Waals surface area contributed by atoms with Crippen LogP contribution >= 0.6 is 0 Å². The fourth-order valence-electron chi connectivity index (χ4n) is 7.74. The number of ether oxygens (including phenoxy) is 4. The number of hydrogen-bond acceptors (Lipinski definition) is 10. The summed E-state index contributed by atoms with van der Waals surface area (Å²) >= 11 is 0. The number of anilines is 1. The van der Waals surface area contributed by atoms with Gasteiger partial charge < -0.3 is 23.8 Å². The average Bonchev–Trinajstić information content (AvgIpc) is 3.18. The topological polar surface area (TPSA) is 111 Å². The molecule has 332 valence electrons. The smallest absolute Gasteiger partial charge is 0.429 e. The third kappa shape index (κ3) is 11.9. The van der Waals surface area contributed by atoms with Crippen LogP contribution in [0, 0.1) is 23.1 Å². The Kier molecular flexibility index (Phi) is 17.0. The number of aromatic nitrogens is 3. The summed E-state index contributed by atoms with van der Waals surface area (Å²) in [6, 6.07) is 5.96. The van der Waals surface area contributed by atoms with E-state index >= 15 is 8.78 Å². The van der Waals surface area contributed by atoms with Crippen molar-refractivity contribution in [2.75, 3.05) is 53.1 Å². The Morgan fingerprint density at radius 1 is 1.00 bits per heavy atom. The Morgan fingerprint density at radius 2 is 1.69 bits per heavy atom. The lowest BCUT2D eigenvalue weighted by Crippen LogP contribution is -2.43. The van der Waals surface area contributed by atoms with E-state index < -0.39 is 31.4 Å². The molecule has 15 heteroatoms. The van der Waals surface area contributed by atoms with Gasteiger partial charge in [-0.15, -0.1) is 5.54 Å². The van der Waals surface area contributed by atoms with Crippen molar-refractivity contribution in [1.29, 1.82) is 0 Å². The lowest BCUT2D eigenvalue weighted by Gasteiger charge is -2.38. The Morgan fingerprint density at radius 3 is 2.28 bits per heavy atom. The number of hydrogen-bond donors (Lipinski definition) is 1. The number of amides is 1. The molecule has 0 fully saturated rings. The van der Waals surface area contributed by atoms with E-state index in [-0.39, 0.29) is 88.2 Å². The molecule has 0 radical (unpaired) electrons. The number of likely N-dealkylation sites (N-methyl/N-ethyl adjacent to an activating group) is 1. The van der Waals surface area contributed by atoms with Crippen molar-refractivity contribution in [1.82, 2.24) is 24.9 Å². The van der Waals surface area contributed by atoms with E-state index in [0.717, 1.165) is 12.8 Å². The average molecular weight is 865 g/mol. The molecule has 4 rings (SSSR count). The maximum atomic E-state index is 17.5. The second-order valence-electron chi connectivity index (χ2n) is 17.5. The zero-order valence-electron chi connectivity index (χ0n) is 38.1. The van der Waals surface area contributed by atoms with Gasteiger partial charge in [-0.1, -0.05) is 73.3 Å². The summed E-state index contributed by atoms with van der Waals surface area (Å²) < 4.78 is 70.4. The summed E-state index contributed by atoms with van der Waals surface area (Å²) in [5, 5.41) is 2.27. The van der Waals surface area contributed by atoms with Crippen LogP contribution in [0.2, 0.25) is 16.6 Å². The normalized spacial score (nSPS) is 12.4. The van der Waals surface area contributed by atoms with E-state index in [1.54, 1.807) is 58.0 Å². The molecular weight excluding hydrogens is 802 g/mol. The Labute approximate surface area is 360 Å². The number of fused-ring (bicyclic) bond motifs is 2. The van der Waals surface area contributed by atoms with Crippen molar-refractivity contribution in [3.8, 4) is 34.5 Å². The number of nitrogens with zero attached hydrogens (tertiary/aromatic N) is 5. The zero-order chi connectivity index (χ0) is 45.2. The Balaban J connectivity index is 2.06. The highest BCUT2D eigenvalue weighted by Gasteiger charge is 2.42. The van der Waals surface area contributed by atoms with Gasteiger partial charge in [0, 0.05) is 42.9 Å². The number of carbonyl (C=O) groups is 1. The number of nitrogens with one attached hydrogen (secondary N) is 1. The number of unbranched alkanes of at least 4 members (excludes halogenated alkanes) is 2. The van der Waals surface area contributed by atoms with Gasteiger partial charge in [-0.3, -0.25) is 10.4 Å². The van der Waals surface area contributed by atoms with Gasteiger partial charge >= 0.3 is 12.1 Å². The van der Waals surface area contributed by atoms with Gasteiger partial charge in [-0.2, -0.15) is 9.97 Å². The van der Waals surface area contributed by atoms with E-state index in [2.05, 4.69) is 73.4 Å². The predicted molar refractivity (Wildman–Crippen MR) is 240 cm³/mol. The van der Waals surface area contributed by atoms with Gasteiger partial charge in [-0.05, 0) is 81.5 Å². The van der Waals surface area contributed by atoms with Gasteiger partial charge in [0.1, 0.15) is 43.1 Å². The first kappa shape index (κ1) is 48.8. The first-order valence-corrected chi connectivity index (χ1v) is 23.1. The summed E-state index contributed by atoms with van der Waals surface area (Å²) in [5.41, 5.74) is 6.89. The third-order valence-corrected chi connectivity index (χ3v) is 16.8. The summed E-state index contributed by atoms with van der Waals surface area (Å²) in [4.78, 5) is 28.9. The summed E-state index contributed by atoms with van der Waals surface area (Å²) in [5.74, 6) is 2.16. The number of pyridine rings is 1. The molecule has 0 aliphatic heterocycles. The van der Waals surface area contributed by atoms with Crippen molar-refractivity contribution in [3.63, 3.8) is 0 Å². The second kappa shape index (κ2) is 21.2. The van der Waals surface area contributed by atoms with Crippen LogP contribution in [-0.4, -0.2) is 92.3 Å². The highest BCUT2D eigenvalue weighted by molar-refractivity contribution is 6.90. The molecular formula is C46H63F3N6O5Si. The number of methoxy groups -OCH3 is 1. The molecule has 11 nitrogen and oxygen atoms in total. The first-order valence-electron chi connectivity index (χ1n) is 20.9. The molecule has 0 saturated carbocycles. The number of carbonyl (C=O) groups excluding carboxylic acids is 1. The van der Waals surface area contributed by atoms with Crippen molar-refractivity contribution in [3.05, 3.63) is 59.6 Å². The molecule has 2 heterocycles. The maximum absolute atomic E-state index is 17.5. The standard InChI is InChI=1S/C46H63F3N6O5Si/c1-14-15-16-20-55(45(56)60-46(8,9)10)53-43-37-25-50-41(40(49)42(37)51-44(52-43)58-27-32(24-47)26-54(11)12)36-23-34(59-28-57-13)22-33-17-18-38(48)35(39(33)36)19-21-61(29(2)3,30(4)5)31(6)7/h17-18,22-25,29-31H,14-16,20,26-28H2,1-13H3,(H,51,52,53)/b32-24+. The number of hydrazine groups is 1. The van der Waals surface area contributed by atoms with Crippen LogP contribution in [0.4, 0.5) is 23.8 Å². The highest BCUT2D eigenvalue weighted by Crippen LogP contribution is 2.42. The molecule has 1 N–H and O–H groups in total. The molecule has 2 aromatic heterocycles. The van der Waals surface area contributed by atoms with E-state index in [9.17, 15) is 9.18 Å². The zero-order valence-corrected chi connectivity index (χ0v) is 39.1. The summed E-state index contributed by atoms with van der Waals surface area (Å²) in [6.45, 7) is 20.5. The molecule has 0 bridgehead atoms. The summed E-state index contributed by atoms with van der Waals surface area (Å²) in [6.07, 6.45) is 3.50. The van der Waals surface area contributed by atoms with Crippen LogP contribution in [0.5, 0.6) is 11.8 Å². The fraction of sp³-hybridized carbons (Fsp3) is 0.522. The van der Waals surface area contributed by atoms with Crippen molar-refractivity contribution in [2.45, 2.75) is 111 Å². The third-order valence-electron chi connectivity index (χ3n) is 10.5. The lowest BCUT2D eigenvalue weighted by atomic mass is 9.95. The number of halogens is 3. The molecule has 2 aromatic carbocycles. The van der Waals surface area contributed by atoms with Crippen molar-refractivity contribution >= 4 is 41.7 Å². The van der Waals surface area contributed by atoms with E-state index in [0.29, 0.717) is 29.3 Å². The molecule has 0 atom stereocenters. The molecule has 0 saturated heterocycles. The maximum Gasteiger partial charge on any atom is 0.429 e. The predicted octanol–water partition coefficient (Wildman–Crippen LogP) is 11.2. The molecule has 0 aliphatic rings. The van der Waals surface area contributed by atoms with Crippen molar-refractivity contribution in [2.24, 2.45) is 0 Å². The minimum absolute atomic E-state index is 0.00399. The van der Waals surface area contributed by atoms with Crippen LogP contribution in [-0.2, 0) is 9.47 Å². The van der Waals surface area contributed by atoms with Crippen LogP contribution in [0.3, 0.4) is 0 Å². The molecule has 0 unspecified atom stereocenters. The highest BCUT2D eigenvalue weighted by atomic mass is 28.3. The molecule has 1 amide bonds. The molecule has 61 heavy (non-hydrogen) atoms. The van der Waals surface area contributed by atoms with E-state index in [1.165, 1.54) is 24.4 Å². The minimum atomic E-state index is -2.34. The van der Waals surface area contributed by atoms with Crippen LogP contribution in [0.25, 0.3) is 32.9 Å². The first-order chi connectivity index (χ1) is 28.8. The van der Waals surface area contributed by atoms with Gasteiger partial charge in [0.2, 0.25) is 0 Å². The lowest BCUT2D eigenvalue weighted by molar-refractivity contribution is 0.0293. The summed E-state index contributed by atoms with van der Waals surface area (Å²) in [7, 11) is 2.70. The number of rotatable bonds is 18. The molecule has 4 aromatic rings. The molecule has 0 aliphatic carbocycles. The second-order valence-corrected chi connectivity index (χ2v) is 23.1. The van der Waals surface area contributed by atoms with Gasteiger partial charge in [0.15, 0.2) is 18.4 Å². The Hall–Kier alpha value is -4.91. The number of benzene rings is 2. The largest absolute Gasteiger partial charge is 0.468 e. The minimum Gasteiger partial charge on any atom is -0.468 e. The quantitative estimate of drug-likeness (QED) is 0.0341. The monoisotopic (exact) mass is 864 g/mol. The van der Waals surface area contributed by atoms with Crippen LogP contribution < -0.4 is 14.9 Å². The van der Waals surface area contributed by atoms with E-state index in [4.69, 9.17) is 18.9 Å². The molecule has 0 spiro atoms. The Bertz CT molecular complexity index is 2230. The SMILES string of the molecule is CCCCCN(Nc1nc(OC/C(=C/F)CN(C)C)nc2c(F)c(-c3cc(OCOC)cc4ccc(F)c(C#C[Si](C(C)C)(C(C)C)C(C)C)c34)ncc12)C(=O)OC(C)(C)C. The van der Waals surface area contributed by atoms with Gasteiger partial charge in [0.25, 0.3) is 0 Å². The van der Waals surface area contributed by atoms with Crippen molar-refractivity contribution < 1.29 is 36.9 Å². The van der Waals surface area contributed by atoms with Gasteiger partial charge in [-0.25, -0.2) is 23.0 Å². The van der Waals surface area contributed by atoms with Crippen LogP contribution in [0.15, 0.2) is 42.4 Å². The fourth-order valence-corrected chi connectivity index (χ4v) is 13.0.